The van der Waals surface area contributed by atoms with Crippen molar-refractivity contribution in [2.24, 2.45) is 4.99 Å². The number of guanidine groups is 1. The highest BCUT2D eigenvalue weighted by molar-refractivity contribution is 14.0. The van der Waals surface area contributed by atoms with Crippen molar-refractivity contribution < 1.29 is 0 Å². The molecule has 1 aliphatic rings. The Morgan fingerprint density at radius 1 is 0.968 bits per heavy atom. The smallest absolute Gasteiger partial charge is 0.191 e. The molecule has 31 heavy (non-hydrogen) atoms. The molecule has 170 valence electrons. The number of nitrogens with zero attached hydrogens (tertiary/aromatic N) is 4. The van der Waals surface area contributed by atoms with E-state index < -0.39 is 0 Å². The Hall–Kier alpha value is -1.87. The molecule has 7 heteroatoms. The molecule has 0 spiro atoms. The second-order valence-electron chi connectivity index (χ2n) is 7.62. The Kier molecular flexibility index (Phi) is 11.1. The fourth-order valence-corrected chi connectivity index (χ4v) is 3.76. The van der Waals surface area contributed by atoms with E-state index in [1.54, 1.807) is 0 Å². The standard InChI is InChI=1S/C24H36N6.HI/c1-4-21-9-7-8-10-22(21)19-28-24(25-5-2)27-18-20-11-12-23(26-17-20)30-15-13-29(6-3)14-16-30;/h7-12,17H,4-6,13-16,18-19H2,1-3H3,(H2,25,27,28);1H. The Bertz CT molecular complexity index is 800. The first-order valence-corrected chi connectivity index (χ1v) is 11.2. The number of aryl methyl sites for hydroxylation is 1. The van der Waals surface area contributed by atoms with Crippen molar-refractivity contribution in [3.8, 4) is 0 Å². The van der Waals surface area contributed by atoms with Gasteiger partial charge in [-0.05, 0) is 42.6 Å². The first-order valence-electron chi connectivity index (χ1n) is 11.2. The fraction of sp³-hybridized carbons (Fsp3) is 0.500. The SMILES string of the molecule is CCNC(=NCc1ccc(N2CCN(CC)CC2)nc1)NCc1ccccc1CC.I. The minimum absolute atomic E-state index is 0. The average Bonchev–Trinajstić information content (AvgIpc) is 2.81. The third-order valence-electron chi connectivity index (χ3n) is 5.66. The zero-order valence-electron chi connectivity index (χ0n) is 19.1. The zero-order valence-corrected chi connectivity index (χ0v) is 21.4. The molecule has 1 aromatic heterocycles. The number of benzene rings is 1. The largest absolute Gasteiger partial charge is 0.357 e. The zero-order chi connectivity index (χ0) is 21.2. The van der Waals surface area contributed by atoms with Crippen LogP contribution in [0.1, 0.15) is 37.5 Å². The van der Waals surface area contributed by atoms with Crippen LogP contribution in [-0.4, -0.2) is 55.1 Å². The molecule has 0 radical (unpaired) electrons. The number of likely N-dealkylation sites (N-methyl/N-ethyl adjacent to an activating group) is 1. The van der Waals surface area contributed by atoms with Crippen LogP contribution < -0.4 is 15.5 Å². The quantitative estimate of drug-likeness (QED) is 0.307. The molecule has 0 aliphatic carbocycles. The van der Waals surface area contributed by atoms with Crippen molar-refractivity contribution in [2.75, 3.05) is 44.2 Å². The number of piperazine rings is 1. The van der Waals surface area contributed by atoms with Crippen LogP contribution in [0.15, 0.2) is 47.6 Å². The van der Waals surface area contributed by atoms with Crippen LogP contribution in [0.4, 0.5) is 5.82 Å². The monoisotopic (exact) mass is 536 g/mol. The molecule has 3 rings (SSSR count). The van der Waals surface area contributed by atoms with E-state index in [0.717, 1.165) is 69.6 Å². The van der Waals surface area contributed by atoms with Gasteiger partial charge in [0.15, 0.2) is 5.96 Å². The Morgan fingerprint density at radius 2 is 1.71 bits per heavy atom. The Morgan fingerprint density at radius 3 is 2.32 bits per heavy atom. The molecule has 0 saturated carbocycles. The van der Waals surface area contributed by atoms with Gasteiger partial charge >= 0.3 is 0 Å². The first-order chi connectivity index (χ1) is 14.7. The van der Waals surface area contributed by atoms with E-state index in [0.29, 0.717) is 6.54 Å². The van der Waals surface area contributed by atoms with E-state index in [1.165, 1.54) is 11.1 Å². The summed E-state index contributed by atoms with van der Waals surface area (Å²) in [4.78, 5) is 14.3. The Balaban J connectivity index is 0.00000341. The van der Waals surface area contributed by atoms with Gasteiger partial charge < -0.3 is 20.4 Å². The van der Waals surface area contributed by atoms with E-state index in [4.69, 9.17) is 9.98 Å². The van der Waals surface area contributed by atoms with E-state index in [2.05, 4.69) is 77.6 Å². The molecular weight excluding hydrogens is 499 g/mol. The summed E-state index contributed by atoms with van der Waals surface area (Å²) in [5.41, 5.74) is 3.82. The van der Waals surface area contributed by atoms with Crippen LogP contribution in [0.25, 0.3) is 0 Å². The second-order valence-corrected chi connectivity index (χ2v) is 7.62. The van der Waals surface area contributed by atoms with Gasteiger partial charge in [-0.3, -0.25) is 0 Å². The third-order valence-corrected chi connectivity index (χ3v) is 5.66. The average molecular weight is 537 g/mol. The summed E-state index contributed by atoms with van der Waals surface area (Å²) in [7, 11) is 0. The number of hydrogen-bond acceptors (Lipinski definition) is 4. The lowest BCUT2D eigenvalue weighted by Crippen LogP contribution is -2.46. The maximum Gasteiger partial charge on any atom is 0.191 e. The molecule has 0 bridgehead atoms. The number of pyridine rings is 1. The van der Waals surface area contributed by atoms with E-state index in [9.17, 15) is 0 Å². The van der Waals surface area contributed by atoms with Gasteiger partial charge in [-0.2, -0.15) is 0 Å². The van der Waals surface area contributed by atoms with Crippen LogP contribution >= 0.6 is 24.0 Å². The predicted octanol–water partition coefficient (Wildman–Crippen LogP) is 3.66. The van der Waals surface area contributed by atoms with E-state index >= 15 is 0 Å². The van der Waals surface area contributed by atoms with Gasteiger partial charge in [0.1, 0.15) is 5.82 Å². The molecule has 0 amide bonds. The van der Waals surface area contributed by atoms with Gasteiger partial charge in [0.2, 0.25) is 0 Å². The van der Waals surface area contributed by atoms with Gasteiger partial charge in [-0.25, -0.2) is 9.98 Å². The summed E-state index contributed by atoms with van der Waals surface area (Å²) >= 11 is 0. The van der Waals surface area contributed by atoms with Crippen molar-refractivity contribution in [1.82, 2.24) is 20.5 Å². The normalized spacial score (nSPS) is 14.8. The first kappa shape index (κ1) is 25.4. The van der Waals surface area contributed by atoms with Gasteiger partial charge in [-0.1, -0.05) is 44.2 Å². The van der Waals surface area contributed by atoms with Crippen molar-refractivity contribution in [2.45, 2.75) is 40.3 Å². The van der Waals surface area contributed by atoms with Gasteiger partial charge in [-0.15, -0.1) is 24.0 Å². The molecule has 0 unspecified atom stereocenters. The maximum absolute atomic E-state index is 4.75. The van der Waals surface area contributed by atoms with Crippen molar-refractivity contribution in [3.05, 3.63) is 59.3 Å². The number of rotatable bonds is 8. The maximum atomic E-state index is 4.75. The molecule has 6 nitrogen and oxygen atoms in total. The lowest BCUT2D eigenvalue weighted by atomic mass is 10.1. The van der Waals surface area contributed by atoms with E-state index in [-0.39, 0.29) is 24.0 Å². The van der Waals surface area contributed by atoms with Crippen LogP contribution in [0.2, 0.25) is 0 Å². The number of aliphatic imine (C=N–C) groups is 1. The minimum Gasteiger partial charge on any atom is -0.357 e. The molecule has 1 aromatic carbocycles. The molecule has 2 aromatic rings. The molecule has 2 N–H and O–H groups in total. The number of anilines is 1. The highest BCUT2D eigenvalue weighted by Crippen LogP contribution is 2.14. The molecular formula is C24H37IN6. The molecule has 2 heterocycles. The summed E-state index contributed by atoms with van der Waals surface area (Å²) in [6.45, 7) is 14.2. The summed E-state index contributed by atoms with van der Waals surface area (Å²) in [6, 6.07) is 12.8. The van der Waals surface area contributed by atoms with Crippen LogP contribution in [0, 0.1) is 0 Å². The van der Waals surface area contributed by atoms with Crippen LogP contribution in [0.3, 0.4) is 0 Å². The highest BCUT2D eigenvalue weighted by atomic mass is 127. The van der Waals surface area contributed by atoms with Gasteiger partial charge in [0.25, 0.3) is 0 Å². The number of halogens is 1. The number of hydrogen-bond donors (Lipinski definition) is 2. The van der Waals surface area contributed by atoms with Gasteiger partial charge in [0, 0.05) is 45.5 Å². The Labute approximate surface area is 204 Å². The van der Waals surface area contributed by atoms with Crippen molar-refractivity contribution >= 4 is 35.8 Å². The number of nitrogens with one attached hydrogen (secondary N) is 2. The summed E-state index contributed by atoms with van der Waals surface area (Å²) < 4.78 is 0. The van der Waals surface area contributed by atoms with E-state index in [1.807, 2.05) is 6.20 Å². The van der Waals surface area contributed by atoms with Crippen molar-refractivity contribution in [1.29, 1.82) is 0 Å². The topological polar surface area (TPSA) is 55.8 Å². The molecule has 0 atom stereocenters. The predicted molar refractivity (Wildman–Crippen MR) is 141 cm³/mol. The summed E-state index contributed by atoms with van der Waals surface area (Å²) in [6.07, 6.45) is 3.00. The van der Waals surface area contributed by atoms with Crippen LogP contribution in [0.5, 0.6) is 0 Å². The van der Waals surface area contributed by atoms with Gasteiger partial charge in [0.05, 0.1) is 6.54 Å². The summed E-state index contributed by atoms with van der Waals surface area (Å²) in [5.74, 6) is 1.91. The second kappa shape index (κ2) is 13.5. The highest BCUT2D eigenvalue weighted by Gasteiger charge is 2.16. The minimum atomic E-state index is 0. The van der Waals surface area contributed by atoms with Crippen LogP contribution in [-0.2, 0) is 19.5 Å². The lowest BCUT2D eigenvalue weighted by Gasteiger charge is -2.34. The molecule has 1 saturated heterocycles. The fourth-order valence-electron chi connectivity index (χ4n) is 3.76. The molecule has 1 aliphatic heterocycles. The molecule has 1 fully saturated rings. The summed E-state index contributed by atoms with van der Waals surface area (Å²) in [5, 5.41) is 6.80. The number of aromatic nitrogens is 1. The van der Waals surface area contributed by atoms with Crippen molar-refractivity contribution in [3.63, 3.8) is 0 Å². The third kappa shape index (κ3) is 7.64. The lowest BCUT2D eigenvalue weighted by molar-refractivity contribution is 0.270.